The molecule has 0 spiro atoms. The molecule has 1 unspecified atom stereocenters. The zero-order valence-electron chi connectivity index (χ0n) is 13.0. The van der Waals surface area contributed by atoms with Gasteiger partial charge in [-0.25, -0.2) is 0 Å². The maximum Gasteiger partial charge on any atom is 0.234 e. The van der Waals surface area contributed by atoms with Crippen LogP contribution in [-0.4, -0.2) is 54.0 Å². The highest BCUT2D eigenvalue weighted by molar-refractivity contribution is 8.00. The lowest BCUT2D eigenvalue weighted by molar-refractivity contribution is -0.135. The Bertz CT molecular complexity index is 536. The van der Waals surface area contributed by atoms with Crippen molar-refractivity contribution in [1.82, 2.24) is 4.90 Å². The van der Waals surface area contributed by atoms with E-state index < -0.39 is 0 Å². The van der Waals surface area contributed by atoms with Gasteiger partial charge < -0.3 is 15.0 Å². The van der Waals surface area contributed by atoms with Crippen LogP contribution < -0.4 is 5.32 Å². The standard InChI is InChI=1S/C16H22N2O3S/c1-12-4-3-5-14(8-12)17-15(19)10-22-11-16(20)18-6-7-21-13(2)9-18/h3-5,8,13H,6-7,9-11H2,1-2H3,(H,17,19). The van der Waals surface area contributed by atoms with Crippen molar-refractivity contribution in [3.05, 3.63) is 29.8 Å². The summed E-state index contributed by atoms with van der Waals surface area (Å²) < 4.78 is 5.41. The van der Waals surface area contributed by atoms with Gasteiger partial charge in [0.2, 0.25) is 11.8 Å². The lowest BCUT2D eigenvalue weighted by Gasteiger charge is -2.31. The first kappa shape index (κ1) is 16.8. The molecule has 0 bridgehead atoms. The molecule has 2 rings (SSSR count). The lowest BCUT2D eigenvalue weighted by Crippen LogP contribution is -2.45. The Kier molecular flexibility index (Phi) is 6.27. The van der Waals surface area contributed by atoms with Crippen LogP contribution >= 0.6 is 11.8 Å². The van der Waals surface area contributed by atoms with Gasteiger partial charge in [0.1, 0.15) is 0 Å². The number of hydrogen-bond donors (Lipinski definition) is 1. The Morgan fingerprint density at radius 3 is 2.95 bits per heavy atom. The number of anilines is 1. The smallest absolute Gasteiger partial charge is 0.234 e. The second-order valence-electron chi connectivity index (χ2n) is 5.43. The molecular weight excluding hydrogens is 300 g/mol. The highest BCUT2D eigenvalue weighted by Crippen LogP contribution is 2.12. The number of rotatable bonds is 5. The van der Waals surface area contributed by atoms with Crippen molar-refractivity contribution in [2.45, 2.75) is 20.0 Å². The van der Waals surface area contributed by atoms with Crippen molar-refractivity contribution in [2.24, 2.45) is 0 Å². The highest BCUT2D eigenvalue weighted by Gasteiger charge is 2.21. The predicted octanol–water partition coefficient (Wildman–Crippen LogP) is 1.91. The molecule has 1 heterocycles. The Hall–Kier alpha value is -1.53. The summed E-state index contributed by atoms with van der Waals surface area (Å²) in [6.07, 6.45) is 0.0901. The van der Waals surface area contributed by atoms with E-state index in [-0.39, 0.29) is 23.7 Å². The molecule has 1 saturated heterocycles. The summed E-state index contributed by atoms with van der Waals surface area (Å²) >= 11 is 1.34. The normalized spacial score (nSPS) is 18.1. The van der Waals surface area contributed by atoms with E-state index in [0.717, 1.165) is 11.3 Å². The third kappa shape index (κ3) is 5.35. The van der Waals surface area contributed by atoms with Crippen LogP contribution in [-0.2, 0) is 14.3 Å². The van der Waals surface area contributed by atoms with Crippen LogP contribution in [0.2, 0.25) is 0 Å². The minimum absolute atomic E-state index is 0.0727. The van der Waals surface area contributed by atoms with Crippen molar-refractivity contribution < 1.29 is 14.3 Å². The predicted molar refractivity (Wildman–Crippen MR) is 89.1 cm³/mol. The van der Waals surface area contributed by atoms with Gasteiger partial charge in [0.05, 0.1) is 24.2 Å². The van der Waals surface area contributed by atoms with E-state index in [2.05, 4.69) is 5.32 Å². The topological polar surface area (TPSA) is 58.6 Å². The van der Waals surface area contributed by atoms with Crippen molar-refractivity contribution >= 4 is 29.3 Å². The molecule has 1 aliphatic heterocycles. The SMILES string of the molecule is Cc1cccc(NC(=O)CSCC(=O)N2CCOC(C)C2)c1. The molecule has 5 nitrogen and oxygen atoms in total. The molecule has 1 aromatic rings. The molecule has 22 heavy (non-hydrogen) atoms. The summed E-state index contributed by atoms with van der Waals surface area (Å²) in [4.78, 5) is 25.7. The maximum absolute atomic E-state index is 12.0. The molecule has 1 atom stereocenters. The monoisotopic (exact) mass is 322 g/mol. The van der Waals surface area contributed by atoms with Crippen LogP contribution in [0.3, 0.4) is 0 Å². The number of carbonyl (C=O) groups excluding carboxylic acids is 2. The summed E-state index contributed by atoms with van der Waals surface area (Å²) in [5.74, 6) is 0.593. The van der Waals surface area contributed by atoms with Crippen LogP contribution in [0.4, 0.5) is 5.69 Å². The zero-order valence-corrected chi connectivity index (χ0v) is 13.8. The van der Waals surface area contributed by atoms with Crippen LogP contribution in [0, 0.1) is 6.92 Å². The van der Waals surface area contributed by atoms with Gasteiger partial charge in [0.25, 0.3) is 0 Å². The molecule has 1 aromatic carbocycles. The van der Waals surface area contributed by atoms with Gasteiger partial charge in [-0.3, -0.25) is 9.59 Å². The van der Waals surface area contributed by atoms with E-state index in [1.165, 1.54) is 11.8 Å². The minimum Gasteiger partial charge on any atom is -0.375 e. The van der Waals surface area contributed by atoms with Gasteiger partial charge in [-0.05, 0) is 31.5 Å². The fourth-order valence-electron chi connectivity index (χ4n) is 2.29. The molecule has 1 N–H and O–H groups in total. The van der Waals surface area contributed by atoms with Gasteiger partial charge >= 0.3 is 0 Å². The fraction of sp³-hybridized carbons (Fsp3) is 0.500. The molecule has 120 valence electrons. The molecular formula is C16H22N2O3S. The molecule has 1 fully saturated rings. The number of nitrogens with zero attached hydrogens (tertiary/aromatic N) is 1. The van der Waals surface area contributed by atoms with Crippen LogP contribution in [0.5, 0.6) is 0 Å². The number of ether oxygens (including phenoxy) is 1. The van der Waals surface area contributed by atoms with Crippen molar-refractivity contribution in [1.29, 1.82) is 0 Å². The minimum atomic E-state index is -0.0845. The van der Waals surface area contributed by atoms with Crippen molar-refractivity contribution in [2.75, 3.05) is 36.5 Å². The third-order valence-electron chi connectivity index (χ3n) is 3.35. The van der Waals surface area contributed by atoms with Crippen LogP contribution in [0.25, 0.3) is 0 Å². The fourth-order valence-corrected chi connectivity index (χ4v) is 3.00. The van der Waals surface area contributed by atoms with Gasteiger partial charge in [0, 0.05) is 18.8 Å². The summed E-state index contributed by atoms with van der Waals surface area (Å²) in [6.45, 7) is 5.80. The van der Waals surface area contributed by atoms with Gasteiger partial charge in [-0.1, -0.05) is 12.1 Å². The van der Waals surface area contributed by atoms with Crippen molar-refractivity contribution in [3.8, 4) is 0 Å². The number of amides is 2. The number of nitrogens with one attached hydrogen (secondary N) is 1. The van der Waals surface area contributed by atoms with Crippen molar-refractivity contribution in [3.63, 3.8) is 0 Å². The highest BCUT2D eigenvalue weighted by atomic mass is 32.2. The summed E-state index contributed by atoms with van der Waals surface area (Å²) in [5, 5.41) is 2.84. The van der Waals surface area contributed by atoms with E-state index in [4.69, 9.17) is 4.74 Å². The van der Waals surface area contributed by atoms with Crippen LogP contribution in [0.15, 0.2) is 24.3 Å². The molecule has 1 aliphatic rings. The zero-order chi connectivity index (χ0) is 15.9. The molecule has 0 aromatic heterocycles. The first-order valence-electron chi connectivity index (χ1n) is 7.38. The maximum atomic E-state index is 12.0. The molecule has 0 aliphatic carbocycles. The Balaban J connectivity index is 1.69. The second kappa shape index (κ2) is 8.19. The van der Waals surface area contributed by atoms with E-state index >= 15 is 0 Å². The van der Waals surface area contributed by atoms with E-state index in [1.807, 2.05) is 38.1 Å². The number of carbonyl (C=O) groups is 2. The summed E-state index contributed by atoms with van der Waals surface area (Å²) in [6, 6.07) is 7.66. The number of benzene rings is 1. The molecule has 6 heteroatoms. The largest absolute Gasteiger partial charge is 0.375 e. The van der Waals surface area contributed by atoms with E-state index in [1.54, 1.807) is 4.90 Å². The molecule has 0 radical (unpaired) electrons. The average Bonchev–Trinajstić information content (AvgIpc) is 2.47. The first-order chi connectivity index (χ1) is 10.5. The molecule has 2 amide bonds. The number of aryl methyl sites for hydroxylation is 1. The number of morpholine rings is 1. The number of thioether (sulfide) groups is 1. The lowest BCUT2D eigenvalue weighted by atomic mass is 10.2. The van der Waals surface area contributed by atoms with E-state index in [0.29, 0.717) is 25.4 Å². The van der Waals surface area contributed by atoms with Gasteiger partial charge in [-0.15, -0.1) is 11.8 Å². The Morgan fingerprint density at radius 1 is 1.41 bits per heavy atom. The number of hydrogen-bond acceptors (Lipinski definition) is 4. The second-order valence-corrected chi connectivity index (χ2v) is 6.42. The third-order valence-corrected chi connectivity index (χ3v) is 4.27. The molecule has 0 saturated carbocycles. The van der Waals surface area contributed by atoms with E-state index in [9.17, 15) is 9.59 Å². The Morgan fingerprint density at radius 2 is 2.23 bits per heavy atom. The van der Waals surface area contributed by atoms with Gasteiger partial charge in [0.15, 0.2) is 0 Å². The summed E-state index contributed by atoms with van der Waals surface area (Å²) in [5.41, 5.74) is 1.89. The first-order valence-corrected chi connectivity index (χ1v) is 8.53. The summed E-state index contributed by atoms with van der Waals surface area (Å²) in [7, 11) is 0. The quantitative estimate of drug-likeness (QED) is 0.900. The Labute approximate surface area is 135 Å². The van der Waals surface area contributed by atoms with Crippen LogP contribution in [0.1, 0.15) is 12.5 Å². The average molecular weight is 322 g/mol. The van der Waals surface area contributed by atoms with Gasteiger partial charge in [-0.2, -0.15) is 0 Å².